The summed E-state index contributed by atoms with van der Waals surface area (Å²) in [5, 5.41) is 19.2. The molecule has 1 heterocycles. The summed E-state index contributed by atoms with van der Waals surface area (Å²) >= 11 is 2.46. The van der Waals surface area contributed by atoms with Crippen LogP contribution in [0.25, 0.3) is 0 Å². The zero-order chi connectivity index (χ0) is 10.7. The fourth-order valence-corrected chi connectivity index (χ4v) is 1.93. The van der Waals surface area contributed by atoms with Crippen molar-refractivity contribution in [3.63, 3.8) is 0 Å². The molecule has 0 bridgehead atoms. The maximum absolute atomic E-state index is 10.6. The van der Waals surface area contributed by atoms with Gasteiger partial charge < -0.3 is 10.3 Å². The van der Waals surface area contributed by atoms with E-state index in [2.05, 4.69) is 4.99 Å². The Morgan fingerprint density at radius 3 is 2.79 bits per heavy atom. The lowest BCUT2D eigenvalue weighted by Crippen LogP contribution is -2.17. The van der Waals surface area contributed by atoms with Gasteiger partial charge in [0.05, 0.1) is 12.1 Å². The van der Waals surface area contributed by atoms with Gasteiger partial charge in [-0.2, -0.15) is 9.72 Å². The zero-order valence-corrected chi connectivity index (χ0v) is 9.65. The predicted octanol–water partition coefficient (Wildman–Crippen LogP) is 0.870. The average molecular weight is 328 g/mol. The van der Waals surface area contributed by atoms with Crippen LogP contribution in [-0.2, 0) is 11.2 Å². The quantitative estimate of drug-likeness (QED) is 0.365. The second kappa shape index (κ2) is 4.55. The van der Waals surface area contributed by atoms with Gasteiger partial charge in [-0.05, 0) is 0 Å². The number of carboxylic acid groups (broad SMARTS) is 1. The van der Waals surface area contributed by atoms with Gasteiger partial charge in [-0.1, -0.05) is 0 Å². The number of amides is 1. The molecule has 0 radical (unpaired) electrons. The minimum absolute atomic E-state index is 0.0700. The number of rotatable bonds is 2. The van der Waals surface area contributed by atoms with E-state index in [0.717, 1.165) is 11.3 Å². The van der Waals surface area contributed by atoms with Crippen LogP contribution in [0.1, 0.15) is 5.69 Å². The molecular weight excluding hydrogens is 323 g/mol. The lowest BCUT2D eigenvalue weighted by molar-refractivity contribution is -0.136. The minimum Gasteiger partial charge on any atom is -0.481 e. The SMILES string of the molecule is O=C(O)Cc1csc(=NC(=O)I)n1O. The number of thiazole rings is 1. The predicted molar refractivity (Wildman–Crippen MR) is 55.8 cm³/mol. The highest BCUT2D eigenvalue weighted by atomic mass is 127. The maximum atomic E-state index is 10.6. The Bertz CT molecular complexity index is 435. The van der Waals surface area contributed by atoms with Crippen molar-refractivity contribution in [3.05, 3.63) is 15.9 Å². The van der Waals surface area contributed by atoms with E-state index >= 15 is 0 Å². The van der Waals surface area contributed by atoms with Crippen molar-refractivity contribution in [2.45, 2.75) is 6.42 Å². The van der Waals surface area contributed by atoms with Crippen LogP contribution >= 0.6 is 33.9 Å². The van der Waals surface area contributed by atoms with Crippen molar-refractivity contribution >= 4 is 43.8 Å². The summed E-state index contributed by atoms with van der Waals surface area (Å²) < 4.78 is 0.129. The molecule has 2 N–H and O–H groups in total. The molecular formula is C6H5IN2O4S. The molecule has 0 aromatic carbocycles. The maximum Gasteiger partial charge on any atom is 0.309 e. The van der Waals surface area contributed by atoms with Crippen molar-refractivity contribution in [1.82, 2.24) is 4.73 Å². The first kappa shape index (κ1) is 11.2. The number of aliphatic carboxylic acids is 1. The molecule has 0 aliphatic rings. The molecule has 6 nitrogen and oxygen atoms in total. The van der Waals surface area contributed by atoms with Gasteiger partial charge in [0.25, 0.3) is 0 Å². The van der Waals surface area contributed by atoms with Crippen LogP contribution in [0.15, 0.2) is 10.4 Å². The first-order valence-electron chi connectivity index (χ1n) is 3.35. The molecule has 0 unspecified atom stereocenters. The fraction of sp³-hybridized carbons (Fsp3) is 0.167. The third-order valence-corrected chi connectivity index (χ3v) is 2.38. The molecule has 8 heteroatoms. The molecule has 0 atom stereocenters. The van der Waals surface area contributed by atoms with E-state index in [1.54, 1.807) is 0 Å². The highest BCUT2D eigenvalue weighted by Gasteiger charge is 2.08. The molecule has 0 aliphatic carbocycles. The third-order valence-electron chi connectivity index (χ3n) is 1.27. The molecule has 1 amide bonds. The van der Waals surface area contributed by atoms with E-state index in [0.29, 0.717) is 4.73 Å². The van der Waals surface area contributed by atoms with Gasteiger partial charge >= 0.3 is 9.88 Å². The number of halogens is 1. The van der Waals surface area contributed by atoms with Crippen molar-refractivity contribution in [1.29, 1.82) is 0 Å². The second-order valence-corrected chi connectivity index (χ2v) is 4.02. The van der Waals surface area contributed by atoms with Crippen molar-refractivity contribution in [2.24, 2.45) is 4.99 Å². The highest BCUT2D eigenvalue weighted by molar-refractivity contribution is 14.1. The highest BCUT2D eigenvalue weighted by Crippen LogP contribution is 2.01. The summed E-state index contributed by atoms with van der Waals surface area (Å²) in [5.41, 5.74) is 0.193. The second-order valence-electron chi connectivity index (χ2n) is 2.26. The monoisotopic (exact) mass is 328 g/mol. The van der Waals surface area contributed by atoms with Crippen LogP contribution in [0.3, 0.4) is 0 Å². The van der Waals surface area contributed by atoms with Crippen LogP contribution in [0.2, 0.25) is 0 Å². The Morgan fingerprint density at radius 2 is 2.29 bits per heavy atom. The van der Waals surface area contributed by atoms with Gasteiger partial charge in [0.1, 0.15) is 0 Å². The Balaban J connectivity index is 3.08. The molecule has 0 aliphatic heterocycles. The van der Waals surface area contributed by atoms with E-state index in [1.165, 1.54) is 28.0 Å². The molecule has 76 valence electrons. The lowest BCUT2D eigenvalue weighted by atomic mass is 10.3. The van der Waals surface area contributed by atoms with E-state index in [1.807, 2.05) is 0 Å². The molecule has 0 saturated heterocycles. The Kier molecular flexibility index (Phi) is 3.63. The fourth-order valence-electron chi connectivity index (χ4n) is 0.764. The third kappa shape index (κ3) is 2.80. The molecule has 1 aromatic rings. The number of aromatic nitrogens is 1. The van der Waals surface area contributed by atoms with Crippen molar-refractivity contribution in [2.75, 3.05) is 0 Å². The lowest BCUT2D eigenvalue weighted by Gasteiger charge is -1.95. The normalized spacial score (nSPS) is 11.6. The number of nitrogens with zero attached hydrogens (tertiary/aromatic N) is 2. The molecule has 0 fully saturated rings. The summed E-state index contributed by atoms with van der Waals surface area (Å²) in [4.78, 5) is 24.5. The summed E-state index contributed by atoms with van der Waals surface area (Å²) in [7, 11) is 0. The van der Waals surface area contributed by atoms with Crippen molar-refractivity contribution < 1.29 is 19.9 Å². The Morgan fingerprint density at radius 1 is 1.64 bits per heavy atom. The first-order valence-corrected chi connectivity index (χ1v) is 5.31. The van der Waals surface area contributed by atoms with Gasteiger partial charge in [0, 0.05) is 28.0 Å². The van der Waals surface area contributed by atoms with Crippen LogP contribution in [0.5, 0.6) is 0 Å². The number of hydrogen-bond acceptors (Lipinski definition) is 4. The van der Waals surface area contributed by atoms with Gasteiger partial charge in [-0.3, -0.25) is 9.59 Å². The number of carbonyl (C=O) groups is 2. The van der Waals surface area contributed by atoms with Crippen molar-refractivity contribution in [3.8, 4) is 0 Å². The van der Waals surface area contributed by atoms with E-state index < -0.39 is 9.88 Å². The Labute approximate surface area is 95.6 Å². The van der Waals surface area contributed by atoms with Gasteiger partial charge in [0.2, 0.25) is 4.80 Å². The summed E-state index contributed by atoms with van der Waals surface area (Å²) in [6.45, 7) is 0. The molecule has 0 spiro atoms. The standard InChI is InChI=1S/C6H5IN2O4S/c7-5(12)8-6-9(13)3(2-14-6)1-4(10)11/h2,13H,1H2,(H,10,11). The summed E-state index contributed by atoms with van der Waals surface area (Å²) in [6, 6.07) is 0. The molecule has 14 heavy (non-hydrogen) atoms. The number of carboxylic acids is 1. The van der Waals surface area contributed by atoms with Crippen LogP contribution < -0.4 is 4.80 Å². The summed E-state index contributed by atoms with van der Waals surface area (Å²) in [6.07, 6.45) is -0.308. The zero-order valence-electron chi connectivity index (χ0n) is 6.68. The Hall–Kier alpha value is -0.900. The number of carbonyl (C=O) groups excluding carboxylic acids is 1. The van der Waals surface area contributed by atoms with Gasteiger partial charge in [-0.15, -0.1) is 11.3 Å². The molecule has 1 aromatic heterocycles. The van der Waals surface area contributed by atoms with Crippen LogP contribution in [0.4, 0.5) is 4.79 Å². The van der Waals surface area contributed by atoms with Gasteiger partial charge in [0.15, 0.2) is 0 Å². The van der Waals surface area contributed by atoms with E-state index in [9.17, 15) is 14.8 Å². The summed E-state index contributed by atoms with van der Waals surface area (Å²) in [5.74, 6) is -1.06. The molecule has 1 rings (SSSR count). The largest absolute Gasteiger partial charge is 0.481 e. The van der Waals surface area contributed by atoms with Crippen LogP contribution in [0, 0.1) is 0 Å². The van der Waals surface area contributed by atoms with Gasteiger partial charge in [-0.25, -0.2) is 0 Å². The smallest absolute Gasteiger partial charge is 0.309 e. The molecule has 0 saturated carbocycles. The number of hydrogen-bond donors (Lipinski definition) is 2. The van der Waals surface area contributed by atoms with E-state index in [-0.39, 0.29) is 16.9 Å². The minimum atomic E-state index is -1.06. The average Bonchev–Trinajstić information content (AvgIpc) is 2.34. The topological polar surface area (TPSA) is 91.9 Å². The first-order chi connectivity index (χ1) is 6.50. The van der Waals surface area contributed by atoms with Crippen LogP contribution in [-0.4, -0.2) is 24.9 Å². The van der Waals surface area contributed by atoms with E-state index in [4.69, 9.17) is 5.11 Å².